The van der Waals surface area contributed by atoms with E-state index in [0.29, 0.717) is 6.05 Å². The molecule has 1 nitrogen and oxygen atoms in total. The minimum absolute atomic E-state index is 0.165. The monoisotopic (exact) mass is 854 g/mol. The zero-order valence-corrected chi connectivity index (χ0v) is 36.8. The van der Waals surface area contributed by atoms with Gasteiger partial charge < -0.3 is 4.90 Å². The van der Waals surface area contributed by atoms with Gasteiger partial charge in [-0.1, -0.05) is 219 Å². The fraction of sp³-hybridized carbons (Fsp3) is 0.0476. The highest BCUT2D eigenvalue weighted by atomic mass is 32.1. The third-order valence-corrected chi connectivity index (χ3v) is 14.0. The van der Waals surface area contributed by atoms with Crippen LogP contribution >= 0.6 is 11.3 Å². The maximum atomic E-state index is 10.5. The molecule has 8 aromatic carbocycles. The number of allylic oxidation sites excluding steroid dienone is 6. The van der Waals surface area contributed by atoms with E-state index in [9.17, 15) is 2.74 Å². The van der Waals surface area contributed by atoms with Crippen LogP contribution in [-0.4, -0.2) is 0 Å². The quantitative estimate of drug-likeness (QED) is 0.0825. The number of hydrogen-bond donors (Lipinski definition) is 0. The summed E-state index contributed by atoms with van der Waals surface area (Å²) in [7, 11) is 0. The Labute approximate surface area is 391 Å². The van der Waals surface area contributed by atoms with Crippen molar-refractivity contribution in [3.8, 4) is 22.3 Å². The van der Waals surface area contributed by atoms with Crippen LogP contribution in [0.15, 0.2) is 256 Å². The Kier molecular flexibility index (Phi) is 10.5. The molecule has 0 bridgehead atoms. The molecule has 312 valence electrons. The number of nitrogens with zero attached hydrogens (tertiary/aromatic N) is 1. The van der Waals surface area contributed by atoms with Gasteiger partial charge in [0, 0.05) is 49.6 Å². The van der Waals surface area contributed by atoms with Crippen molar-refractivity contribution in [3.05, 3.63) is 290 Å². The highest BCUT2D eigenvalue weighted by Crippen LogP contribution is 2.58. The smallest absolute Gasteiger partial charge is 0.0595 e. The van der Waals surface area contributed by atoms with Crippen LogP contribution in [-0.2, 0) is 5.41 Å². The summed E-state index contributed by atoms with van der Waals surface area (Å²) in [5.41, 5.74) is 11.6. The Morgan fingerprint density at radius 2 is 1.17 bits per heavy atom. The molecular weight excluding hydrogens is 803 g/mol. The van der Waals surface area contributed by atoms with Crippen molar-refractivity contribution in [1.82, 2.24) is 0 Å². The van der Waals surface area contributed by atoms with Crippen LogP contribution in [0.25, 0.3) is 54.6 Å². The van der Waals surface area contributed by atoms with E-state index in [2.05, 4.69) is 206 Å². The van der Waals surface area contributed by atoms with Gasteiger partial charge in [0.05, 0.1) is 9.53 Å². The number of rotatable bonds is 13. The lowest BCUT2D eigenvalue weighted by molar-refractivity contribution is 0.459. The van der Waals surface area contributed by atoms with Crippen molar-refractivity contribution >= 4 is 55.0 Å². The first-order chi connectivity index (χ1) is 33.4. The summed E-state index contributed by atoms with van der Waals surface area (Å²) >= 11 is 1.82. The molecule has 1 heterocycles. The first kappa shape index (κ1) is 37.7. The molecule has 2 heteroatoms. The summed E-state index contributed by atoms with van der Waals surface area (Å²) < 4.78 is 30.9. The van der Waals surface area contributed by atoms with Crippen LogP contribution in [0.1, 0.15) is 43.4 Å². The molecule has 9 aromatic rings. The lowest BCUT2D eigenvalue weighted by atomic mass is 9.64. The molecule has 1 aromatic heterocycles. The van der Waals surface area contributed by atoms with Gasteiger partial charge in [-0.2, -0.15) is 0 Å². The van der Waals surface area contributed by atoms with E-state index in [0.717, 1.165) is 68.0 Å². The maximum Gasteiger partial charge on any atom is 0.0595 e. The summed E-state index contributed by atoms with van der Waals surface area (Å²) in [4.78, 5) is 2.12. The molecule has 10 rings (SSSR count). The third kappa shape index (κ3) is 7.52. The standard InChI is InChI=1S/C63H49NS/c1-4-7-20-45-32-33-49(44-48(45)21-8-5-2)46-34-38-52(39-35-46)64(53-40-36-47(37-41-53)55-28-19-29-58-57-27-16-18-31-61(57)65-62(55)58)43-42-60-54(6-3)56-26-15-17-30-59(56)63(60,50-22-11-9-12-23-50)51-24-13-10-14-25-51/h4-44,54,60H,1-3H2/b20-7-,21-8-,43-42+/i3D,6D,42D/b6-3?,20-7-,21-8-,43-42+. The average molecular weight is 855 g/mol. The van der Waals surface area contributed by atoms with E-state index in [-0.39, 0.29) is 6.05 Å². The molecule has 0 spiro atoms. The average Bonchev–Trinajstić information content (AvgIpc) is 3.94. The summed E-state index contributed by atoms with van der Waals surface area (Å²) in [6, 6.07) is 68.5. The Morgan fingerprint density at radius 1 is 0.569 bits per heavy atom. The zero-order valence-electron chi connectivity index (χ0n) is 39.0. The second kappa shape index (κ2) is 18.1. The molecule has 1 aliphatic rings. The van der Waals surface area contributed by atoms with Crippen LogP contribution in [0, 0.1) is 5.92 Å². The minimum atomic E-state index is -0.847. The molecular formula is C63H49NS. The van der Waals surface area contributed by atoms with Gasteiger partial charge in [-0.3, -0.25) is 0 Å². The van der Waals surface area contributed by atoms with E-state index in [1.54, 1.807) is 12.2 Å². The largest absolute Gasteiger partial charge is 0.317 e. The number of anilines is 2. The lowest BCUT2D eigenvalue weighted by Gasteiger charge is -2.38. The van der Waals surface area contributed by atoms with Crippen LogP contribution in [0.4, 0.5) is 11.4 Å². The highest BCUT2D eigenvalue weighted by Gasteiger charge is 2.52. The summed E-state index contributed by atoms with van der Waals surface area (Å²) in [5, 5.41) is 2.52. The first-order valence-corrected chi connectivity index (χ1v) is 22.8. The van der Waals surface area contributed by atoms with Crippen molar-refractivity contribution in [1.29, 1.82) is 0 Å². The molecule has 0 amide bonds. The van der Waals surface area contributed by atoms with Crippen molar-refractivity contribution in [3.63, 3.8) is 0 Å². The summed E-state index contributed by atoms with van der Waals surface area (Å²) in [6.45, 7) is 8.90. The van der Waals surface area contributed by atoms with Crippen LogP contribution in [0.2, 0.25) is 0 Å². The molecule has 0 N–H and O–H groups in total. The Bertz CT molecular complexity index is 3380. The Balaban J connectivity index is 1.14. The van der Waals surface area contributed by atoms with Crippen LogP contribution < -0.4 is 4.90 Å². The second-order valence-corrected chi connectivity index (χ2v) is 17.4. The van der Waals surface area contributed by atoms with E-state index in [4.69, 9.17) is 1.37 Å². The number of fused-ring (bicyclic) bond motifs is 4. The topological polar surface area (TPSA) is 3.24 Å². The van der Waals surface area contributed by atoms with E-state index < -0.39 is 17.3 Å². The predicted octanol–water partition coefficient (Wildman–Crippen LogP) is 17.4. The normalized spacial score (nSPS) is 16.6. The molecule has 0 aliphatic heterocycles. The third-order valence-electron chi connectivity index (χ3n) is 12.8. The number of benzene rings is 8. The molecule has 2 unspecified atom stereocenters. The zero-order chi connectivity index (χ0) is 46.6. The van der Waals surface area contributed by atoms with Gasteiger partial charge in [-0.25, -0.2) is 0 Å². The summed E-state index contributed by atoms with van der Waals surface area (Å²) in [5.74, 6) is -1.14. The van der Waals surface area contributed by atoms with Crippen LogP contribution in [0.3, 0.4) is 0 Å². The number of hydrogen-bond acceptors (Lipinski definition) is 2. The van der Waals surface area contributed by atoms with Crippen molar-refractivity contribution in [2.24, 2.45) is 5.92 Å². The minimum Gasteiger partial charge on any atom is -0.317 e. The molecule has 1 aliphatic carbocycles. The molecule has 0 fully saturated rings. The summed E-state index contributed by atoms with van der Waals surface area (Å²) in [6.07, 6.45) is 13.5. The van der Waals surface area contributed by atoms with E-state index in [1.165, 1.54) is 25.7 Å². The van der Waals surface area contributed by atoms with Crippen molar-refractivity contribution < 1.29 is 4.11 Å². The van der Waals surface area contributed by atoms with Gasteiger partial charge in [0.1, 0.15) is 0 Å². The molecule has 0 saturated heterocycles. The molecule has 2 atom stereocenters. The van der Waals surface area contributed by atoms with E-state index >= 15 is 0 Å². The lowest BCUT2D eigenvalue weighted by Crippen LogP contribution is -2.34. The van der Waals surface area contributed by atoms with Gasteiger partial charge in [0.25, 0.3) is 0 Å². The molecule has 0 radical (unpaired) electrons. The van der Waals surface area contributed by atoms with Gasteiger partial charge in [0.2, 0.25) is 0 Å². The van der Waals surface area contributed by atoms with Gasteiger partial charge in [-0.15, -0.1) is 17.9 Å². The number of thiophene rings is 1. The Morgan fingerprint density at radius 3 is 1.86 bits per heavy atom. The fourth-order valence-corrected chi connectivity index (χ4v) is 11.0. The van der Waals surface area contributed by atoms with Crippen LogP contribution in [0.5, 0.6) is 0 Å². The molecule has 65 heavy (non-hydrogen) atoms. The maximum absolute atomic E-state index is 10.5. The SMILES string of the molecule is [2H]C=C([2H])C1c2ccccc2C(c2ccccc2)(c2ccccc2)C1/C([2H])=C/N(c1ccc(-c2ccc(/C=C\C=C)c(/C=C\C=C)c2)cc1)c1ccc(-c2cccc3c2sc2ccccc23)cc1. The van der Waals surface area contributed by atoms with Gasteiger partial charge in [0.15, 0.2) is 0 Å². The highest BCUT2D eigenvalue weighted by molar-refractivity contribution is 7.26. The predicted molar refractivity (Wildman–Crippen MR) is 282 cm³/mol. The van der Waals surface area contributed by atoms with Crippen molar-refractivity contribution in [2.45, 2.75) is 11.3 Å². The van der Waals surface area contributed by atoms with Crippen molar-refractivity contribution in [2.75, 3.05) is 4.90 Å². The van der Waals surface area contributed by atoms with Gasteiger partial charge >= 0.3 is 0 Å². The molecule has 0 saturated carbocycles. The second-order valence-electron chi connectivity index (χ2n) is 16.3. The van der Waals surface area contributed by atoms with Gasteiger partial charge in [-0.05, 0) is 92.0 Å². The first-order valence-electron chi connectivity index (χ1n) is 23.6. The fourth-order valence-electron chi connectivity index (χ4n) is 9.81. The Hall–Kier alpha value is -7.78. The van der Waals surface area contributed by atoms with E-state index in [1.807, 2.05) is 47.9 Å².